The van der Waals surface area contributed by atoms with Gasteiger partial charge in [-0.15, -0.1) is 10.2 Å². The molecule has 1 aliphatic heterocycles. The third-order valence-electron chi connectivity index (χ3n) is 4.69. The first-order valence-electron chi connectivity index (χ1n) is 9.06. The predicted molar refractivity (Wildman–Crippen MR) is 103 cm³/mol. The zero-order chi connectivity index (χ0) is 19.5. The molecule has 28 heavy (non-hydrogen) atoms. The van der Waals surface area contributed by atoms with Crippen LogP contribution in [0.3, 0.4) is 0 Å². The molecule has 0 bridgehead atoms. The van der Waals surface area contributed by atoms with E-state index in [2.05, 4.69) is 20.4 Å². The van der Waals surface area contributed by atoms with Gasteiger partial charge in [-0.3, -0.25) is 4.79 Å². The van der Waals surface area contributed by atoms with Gasteiger partial charge in [0.05, 0.1) is 5.69 Å². The Morgan fingerprint density at radius 1 is 0.929 bits per heavy atom. The van der Waals surface area contributed by atoms with Crippen molar-refractivity contribution in [2.75, 3.05) is 23.3 Å². The summed E-state index contributed by atoms with van der Waals surface area (Å²) in [4.78, 5) is 14.5. The Morgan fingerprint density at radius 3 is 2.32 bits per heavy atom. The van der Waals surface area contributed by atoms with Gasteiger partial charge in [-0.05, 0) is 49.2 Å². The number of rotatable bonds is 4. The SMILES string of the molecule is O=C(Nc1cccc(-c2ccc(N3CCCC3)nn2)c1)c1c(F)cccc1F. The van der Waals surface area contributed by atoms with Crippen molar-refractivity contribution < 1.29 is 13.6 Å². The summed E-state index contributed by atoms with van der Waals surface area (Å²) in [6.07, 6.45) is 2.32. The molecule has 1 aliphatic rings. The van der Waals surface area contributed by atoms with E-state index in [1.165, 1.54) is 6.07 Å². The first kappa shape index (κ1) is 18.0. The third-order valence-corrected chi connectivity index (χ3v) is 4.69. The van der Waals surface area contributed by atoms with E-state index in [9.17, 15) is 13.6 Å². The number of nitrogens with zero attached hydrogens (tertiary/aromatic N) is 3. The maximum absolute atomic E-state index is 13.8. The number of carbonyl (C=O) groups excluding carboxylic acids is 1. The van der Waals surface area contributed by atoms with Crippen LogP contribution in [0.5, 0.6) is 0 Å². The third kappa shape index (κ3) is 3.69. The van der Waals surface area contributed by atoms with Crippen LogP contribution in [0.4, 0.5) is 20.3 Å². The van der Waals surface area contributed by atoms with Gasteiger partial charge in [0.15, 0.2) is 5.82 Å². The summed E-state index contributed by atoms with van der Waals surface area (Å²) in [7, 11) is 0. The molecule has 1 fully saturated rings. The quantitative estimate of drug-likeness (QED) is 0.734. The van der Waals surface area contributed by atoms with Crippen molar-refractivity contribution in [2.24, 2.45) is 0 Å². The molecule has 1 aromatic heterocycles. The minimum absolute atomic E-state index is 0.413. The molecule has 0 saturated carbocycles. The standard InChI is InChI=1S/C21H18F2N4O/c22-16-7-4-8-17(23)20(16)21(28)24-15-6-3-5-14(13-15)18-9-10-19(26-25-18)27-11-1-2-12-27/h3-10,13H,1-2,11-12H2,(H,24,28). The topological polar surface area (TPSA) is 58.1 Å². The largest absolute Gasteiger partial charge is 0.355 e. The van der Waals surface area contributed by atoms with Gasteiger partial charge in [0.25, 0.3) is 5.91 Å². The van der Waals surface area contributed by atoms with Gasteiger partial charge in [-0.2, -0.15) is 0 Å². The summed E-state index contributed by atoms with van der Waals surface area (Å²) < 4.78 is 27.6. The number of anilines is 2. The second-order valence-corrected chi connectivity index (χ2v) is 6.60. The lowest BCUT2D eigenvalue weighted by Gasteiger charge is -2.15. The summed E-state index contributed by atoms with van der Waals surface area (Å²) in [6, 6.07) is 14.0. The molecule has 3 aromatic rings. The Bertz CT molecular complexity index is 981. The molecule has 1 saturated heterocycles. The molecule has 4 rings (SSSR count). The van der Waals surface area contributed by atoms with Crippen LogP contribution in [0.25, 0.3) is 11.3 Å². The Kier molecular flexibility index (Phi) is 4.97. The van der Waals surface area contributed by atoms with Gasteiger partial charge in [0, 0.05) is 24.3 Å². The van der Waals surface area contributed by atoms with Crippen molar-refractivity contribution in [3.63, 3.8) is 0 Å². The van der Waals surface area contributed by atoms with Crippen LogP contribution in [0.2, 0.25) is 0 Å². The van der Waals surface area contributed by atoms with E-state index < -0.39 is 23.1 Å². The molecule has 5 nitrogen and oxygen atoms in total. The lowest BCUT2D eigenvalue weighted by atomic mass is 10.1. The molecule has 0 aliphatic carbocycles. The van der Waals surface area contributed by atoms with Gasteiger partial charge in [0.1, 0.15) is 17.2 Å². The maximum Gasteiger partial charge on any atom is 0.261 e. The second kappa shape index (κ2) is 7.72. The first-order valence-corrected chi connectivity index (χ1v) is 9.06. The predicted octanol–water partition coefficient (Wildman–Crippen LogP) is 4.27. The van der Waals surface area contributed by atoms with E-state index in [0.717, 1.165) is 49.4 Å². The van der Waals surface area contributed by atoms with Gasteiger partial charge in [-0.1, -0.05) is 18.2 Å². The number of hydrogen-bond acceptors (Lipinski definition) is 4. The van der Waals surface area contributed by atoms with Gasteiger partial charge >= 0.3 is 0 Å². The Morgan fingerprint density at radius 2 is 1.64 bits per heavy atom. The molecule has 0 atom stereocenters. The highest BCUT2D eigenvalue weighted by Crippen LogP contribution is 2.24. The summed E-state index contributed by atoms with van der Waals surface area (Å²) >= 11 is 0. The van der Waals surface area contributed by atoms with E-state index in [1.807, 2.05) is 18.2 Å². The fourth-order valence-electron chi connectivity index (χ4n) is 3.26. The van der Waals surface area contributed by atoms with Crippen molar-refractivity contribution >= 4 is 17.4 Å². The molecule has 0 radical (unpaired) electrons. The van der Waals surface area contributed by atoms with Crippen LogP contribution in [-0.4, -0.2) is 29.2 Å². The Labute approximate surface area is 161 Å². The van der Waals surface area contributed by atoms with Crippen molar-refractivity contribution in [3.8, 4) is 11.3 Å². The molecule has 0 spiro atoms. The fraction of sp³-hybridized carbons (Fsp3) is 0.190. The normalized spacial score (nSPS) is 13.6. The van der Waals surface area contributed by atoms with E-state index in [0.29, 0.717) is 11.4 Å². The smallest absolute Gasteiger partial charge is 0.261 e. The summed E-state index contributed by atoms with van der Waals surface area (Å²) in [5.41, 5.74) is 1.20. The van der Waals surface area contributed by atoms with Crippen LogP contribution in [0.1, 0.15) is 23.2 Å². The van der Waals surface area contributed by atoms with Gasteiger partial charge in [-0.25, -0.2) is 8.78 Å². The minimum atomic E-state index is -0.906. The zero-order valence-corrected chi connectivity index (χ0v) is 15.0. The van der Waals surface area contributed by atoms with Crippen molar-refractivity contribution in [2.45, 2.75) is 12.8 Å². The highest BCUT2D eigenvalue weighted by molar-refractivity contribution is 6.04. The summed E-state index contributed by atoms with van der Waals surface area (Å²) in [5.74, 6) is -1.81. The second-order valence-electron chi connectivity index (χ2n) is 6.60. The monoisotopic (exact) mass is 380 g/mol. The highest BCUT2D eigenvalue weighted by Gasteiger charge is 2.17. The molecular formula is C21H18F2N4O. The molecule has 2 heterocycles. The maximum atomic E-state index is 13.8. The van der Waals surface area contributed by atoms with E-state index in [1.54, 1.807) is 18.2 Å². The van der Waals surface area contributed by atoms with Crippen LogP contribution < -0.4 is 10.2 Å². The molecule has 2 aromatic carbocycles. The molecule has 1 amide bonds. The molecule has 142 valence electrons. The van der Waals surface area contributed by atoms with Gasteiger partial charge in [0.2, 0.25) is 0 Å². The van der Waals surface area contributed by atoms with Crippen molar-refractivity contribution in [3.05, 3.63) is 71.8 Å². The van der Waals surface area contributed by atoms with E-state index >= 15 is 0 Å². The molecule has 7 heteroatoms. The number of hydrogen-bond donors (Lipinski definition) is 1. The fourth-order valence-corrected chi connectivity index (χ4v) is 3.26. The highest BCUT2D eigenvalue weighted by atomic mass is 19.1. The zero-order valence-electron chi connectivity index (χ0n) is 15.0. The Balaban J connectivity index is 1.54. The van der Waals surface area contributed by atoms with E-state index in [4.69, 9.17) is 0 Å². The van der Waals surface area contributed by atoms with E-state index in [-0.39, 0.29) is 0 Å². The average molecular weight is 380 g/mol. The number of aromatic nitrogens is 2. The van der Waals surface area contributed by atoms with Crippen LogP contribution in [-0.2, 0) is 0 Å². The minimum Gasteiger partial charge on any atom is -0.355 e. The summed E-state index contributed by atoms with van der Waals surface area (Å²) in [5, 5.41) is 11.1. The number of amides is 1. The lowest BCUT2D eigenvalue weighted by Crippen LogP contribution is -2.19. The van der Waals surface area contributed by atoms with Gasteiger partial charge < -0.3 is 10.2 Å². The van der Waals surface area contributed by atoms with Crippen LogP contribution >= 0.6 is 0 Å². The number of carbonyl (C=O) groups is 1. The number of nitrogens with one attached hydrogen (secondary N) is 1. The lowest BCUT2D eigenvalue weighted by molar-refractivity contribution is 0.101. The van der Waals surface area contributed by atoms with Crippen LogP contribution in [0, 0.1) is 11.6 Å². The molecule has 0 unspecified atom stereocenters. The Hall–Kier alpha value is -3.35. The summed E-state index contributed by atoms with van der Waals surface area (Å²) in [6.45, 7) is 1.98. The number of benzene rings is 2. The number of halogens is 2. The molecular weight excluding hydrogens is 362 g/mol. The molecule has 1 N–H and O–H groups in total. The first-order chi connectivity index (χ1) is 13.6. The van der Waals surface area contributed by atoms with Crippen molar-refractivity contribution in [1.82, 2.24) is 10.2 Å². The average Bonchev–Trinajstić information content (AvgIpc) is 3.23. The van der Waals surface area contributed by atoms with Crippen LogP contribution in [0.15, 0.2) is 54.6 Å². The van der Waals surface area contributed by atoms with Crippen molar-refractivity contribution in [1.29, 1.82) is 0 Å².